The summed E-state index contributed by atoms with van der Waals surface area (Å²) in [5, 5.41) is 11.8. The normalized spacial score (nSPS) is 15.6. The van der Waals surface area contributed by atoms with Crippen molar-refractivity contribution in [3.05, 3.63) is 34.9 Å². The van der Waals surface area contributed by atoms with Crippen LogP contribution >= 0.6 is 11.8 Å². The number of carbonyl (C=O) groups is 1. The standard InChI is InChI=1S/C17H21NO2S/c1-13-11-15(7-6-14(13)5-3-10-19)16(20)18-12-17(21-2)8-4-9-17/h6-7,11,19H,4,8-10,12H2,1-2H3,(H,18,20). The van der Waals surface area contributed by atoms with E-state index in [0.29, 0.717) is 5.56 Å². The van der Waals surface area contributed by atoms with Gasteiger partial charge < -0.3 is 10.4 Å². The zero-order valence-electron chi connectivity index (χ0n) is 12.5. The van der Waals surface area contributed by atoms with Crippen molar-refractivity contribution in [3.8, 4) is 11.8 Å². The third-order valence-electron chi connectivity index (χ3n) is 4.06. The van der Waals surface area contributed by atoms with Crippen LogP contribution in [0.5, 0.6) is 0 Å². The van der Waals surface area contributed by atoms with Crippen molar-refractivity contribution in [1.82, 2.24) is 5.32 Å². The fourth-order valence-electron chi connectivity index (χ4n) is 2.45. The molecule has 1 saturated carbocycles. The number of carbonyl (C=O) groups excluding carboxylic acids is 1. The van der Waals surface area contributed by atoms with Crippen LogP contribution in [-0.2, 0) is 0 Å². The van der Waals surface area contributed by atoms with E-state index >= 15 is 0 Å². The lowest BCUT2D eigenvalue weighted by Crippen LogP contribution is -2.45. The summed E-state index contributed by atoms with van der Waals surface area (Å²) in [6.07, 6.45) is 5.74. The van der Waals surface area contributed by atoms with Crippen LogP contribution in [0, 0.1) is 18.8 Å². The van der Waals surface area contributed by atoms with E-state index in [1.54, 1.807) is 6.07 Å². The molecule has 0 aromatic heterocycles. The second kappa shape index (κ2) is 7.02. The van der Waals surface area contributed by atoms with Gasteiger partial charge in [0.05, 0.1) is 0 Å². The number of nitrogens with one attached hydrogen (secondary N) is 1. The van der Waals surface area contributed by atoms with Crippen molar-refractivity contribution in [2.24, 2.45) is 0 Å². The quantitative estimate of drug-likeness (QED) is 0.840. The number of aryl methyl sites for hydroxylation is 1. The Kier molecular flexibility index (Phi) is 5.33. The largest absolute Gasteiger partial charge is 0.384 e. The van der Waals surface area contributed by atoms with Gasteiger partial charge in [0.15, 0.2) is 0 Å². The van der Waals surface area contributed by atoms with Crippen LogP contribution in [-0.4, -0.2) is 35.2 Å². The molecule has 0 radical (unpaired) electrons. The fourth-order valence-corrected chi connectivity index (χ4v) is 3.36. The average Bonchev–Trinajstić information content (AvgIpc) is 2.45. The Labute approximate surface area is 130 Å². The zero-order valence-corrected chi connectivity index (χ0v) is 13.3. The first kappa shape index (κ1) is 15.9. The summed E-state index contributed by atoms with van der Waals surface area (Å²) in [6, 6.07) is 5.47. The second-order valence-corrected chi connectivity index (χ2v) is 6.69. The number of benzene rings is 1. The monoisotopic (exact) mass is 303 g/mol. The van der Waals surface area contributed by atoms with Gasteiger partial charge in [-0.25, -0.2) is 0 Å². The molecule has 1 aliphatic rings. The van der Waals surface area contributed by atoms with Gasteiger partial charge in [-0.3, -0.25) is 4.79 Å². The highest BCUT2D eigenvalue weighted by atomic mass is 32.2. The third kappa shape index (κ3) is 3.81. The number of hydrogen-bond donors (Lipinski definition) is 2. The molecule has 0 spiro atoms. The molecule has 1 aromatic rings. The minimum Gasteiger partial charge on any atom is -0.384 e. The molecule has 21 heavy (non-hydrogen) atoms. The van der Waals surface area contributed by atoms with Gasteiger partial charge >= 0.3 is 0 Å². The summed E-state index contributed by atoms with van der Waals surface area (Å²) in [6.45, 7) is 2.50. The van der Waals surface area contributed by atoms with Crippen molar-refractivity contribution in [3.63, 3.8) is 0 Å². The number of rotatable bonds is 4. The van der Waals surface area contributed by atoms with Crippen LogP contribution in [0.25, 0.3) is 0 Å². The van der Waals surface area contributed by atoms with Gasteiger partial charge in [0.25, 0.3) is 5.91 Å². The Morgan fingerprint density at radius 2 is 2.24 bits per heavy atom. The van der Waals surface area contributed by atoms with Gasteiger partial charge in [-0.1, -0.05) is 18.3 Å². The molecule has 1 aromatic carbocycles. The van der Waals surface area contributed by atoms with E-state index < -0.39 is 0 Å². The summed E-state index contributed by atoms with van der Waals surface area (Å²) < 4.78 is 0.247. The van der Waals surface area contributed by atoms with Crippen LogP contribution in [0.4, 0.5) is 0 Å². The smallest absolute Gasteiger partial charge is 0.251 e. The summed E-state index contributed by atoms with van der Waals surface area (Å²) in [5.74, 6) is 5.47. The lowest BCUT2D eigenvalue weighted by Gasteiger charge is -2.40. The summed E-state index contributed by atoms with van der Waals surface area (Å²) in [5.41, 5.74) is 2.46. The summed E-state index contributed by atoms with van der Waals surface area (Å²) >= 11 is 1.85. The van der Waals surface area contributed by atoms with E-state index in [0.717, 1.165) is 17.7 Å². The lowest BCUT2D eigenvalue weighted by atomic mass is 9.84. The summed E-state index contributed by atoms with van der Waals surface area (Å²) in [4.78, 5) is 12.2. The van der Waals surface area contributed by atoms with Crippen LogP contribution in [0.2, 0.25) is 0 Å². The Hall–Kier alpha value is -1.44. The minimum atomic E-state index is -0.154. The number of thioether (sulfide) groups is 1. The maximum Gasteiger partial charge on any atom is 0.251 e. The van der Waals surface area contributed by atoms with Gasteiger partial charge in [0.2, 0.25) is 0 Å². The molecule has 1 aliphatic carbocycles. The van der Waals surface area contributed by atoms with E-state index in [1.807, 2.05) is 30.8 Å². The molecule has 2 N–H and O–H groups in total. The Balaban J connectivity index is 2.01. The molecule has 4 heteroatoms. The Morgan fingerprint density at radius 3 is 2.76 bits per heavy atom. The van der Waals surface area contributed by atoms with E-state index in [-0.39, 0.29) is 17.3 Å². The number of amides is 1. The number of aliphatic hydroxyl groups is 1. The lowest BCUT2D eigenvalue weighted by molar-refractivity contribution is 0.0944. The maximum absolute atomic E-state index is 12.2. The molecular weight excluding hydrogens is 282 g/mol. The molecule has 112 valence electrons. The predicted molar refractivity (Wildman–Crippen MR) is 87.6 cm³/mol. The zero-order chi connectivity index (χ0) is 15.3. The van der Waals surface area contributed by atoms with Crippen LogP contribution in [0.15, 0.2) is 18.2 Å². The molecule has 1 fully saturated rings. The highest BCUT2D eigenvalue weighted by Crippen LogP contribution is 2.42. The first-order valence-electron chi connectivity index (χ1n) is 7.14. The number of hydrogen-bond acceptors (Lipinski definition) is 3. The molecule has 0 unspecified atom stereocenters. The van der Waals surface area contributed by atoms with Crippen molar-refractivity contribution in [1.29, 1.82) is 0 Å². The van der Waals surface area contributed by atoms with Gasteiger partial charge in [-0.2, -0.15) is 11.8 Å². The first-order valence-corrected chi connectivity index (χ1v) is 8.36. The highest BCUT2D eigenvalue weighted by molar-refractivity contribution is 8.00. The molecule has 0 heterocycles. The molecular formula is C17H21NO2S. The van der Waals surface area contributed by atoms with Crippen molar-refractivity contribution >= 4 is 17.7 Å². The molecule has 0 bridgehead atoms. The van der Waals surface area contributed by atoms with Crippen LogP contribution in [0.3, 0.4) is 0 Å². The molecule has 3 nitrogen and oxygen atoms in total. The van der Waals surface area contributed by atoms with E-state index in [1.165, 1.54) is 19.3 Å². The van der Waals surface area contributed by atoms with Gasteiger partial charge in [-0.05, 0) is 49.8 Å². The second-order valence-electron chi connectivity index (χ2n) is 5.41. The highest BCUT2D eigenvalue weighted by Gasteiger charge is 2.36. The van der Waals surface area contributed by atoms with E-state index in [2.05, 4.69) is 23.4 Å². The molecule has 1 amide bonds. The van der Waals surface area contributed by atoms with Crippen molar-refractivity contribution < 1.29 is 9.90 Å². The SMILES string of the molecule is CSC1(CNC(=O)c2ccc(C#CCO)c(C)c2)CCC1. The first-order chi connectivity index (χ1) is 10.1. The van der Waals surface area contributed by atoms with Crippen LogP contribution < -0.4 is 5.32 Å². The Morgan fingerprint density at radius 1 is 1.48 bits per heavy atom. The van der Waals surface area contributed by atoms with Gasteiger partial charge in [0.1, 0.15) is 6.61 Å². The van der Waals surface area contributed by atoms with E-state index in [9.17, 15) is 4.79 Å². The Bertz CT molecular complexity index is 577. The molecule has 0 aliphatic heterocycles. The number of aliphatic hydroxyl groups excluding tert-OH is 1. The minimum absolute atomic E-state index is 0.0277. The molecule has 0 saturated heterocycles. The van der Waals surface area contributed by atoms with Crippen LogP contribution in [0.1, 0.15) is 40.7 Å². The van der Waals surface area contributed by atoms with Crippen molar-refractivity contribution in [2.75, 3.05) is 19.4 Å². The molecule has 2 rings (SSSR count). The molecule has 0 atom stereocenters. The predicted octanol–water partition coefficient (Wildman–Crippen LogP) is 2.35. The average molecular weight is 303 g/mol. The third-order valence-corrected chi connectivity index (χ3v) is 5.48. The maximum atomic E-state index is 12.2. The van der Waals surface area contributed by atoms with E-state index in [4.69, 9.17) is 5.11 Å². The topological polar surface area (TPSA) is 49.3 Å². The van der Waals surface area contributed by atoms with Crippen molar-refractivity contribution in [2.45, 2.75) is 30.9 Å². The van der Waals surface area contributed by atoms with Gasteiger partial charge in [-0.15, -0.1) is 0 Å². The fraction of sp³-hybridized carbons (Fsp3) is 0.471. The van der Waals surface area contributed by atoms with Gasteiger partial charge in [0, 0.05) is 22.4 Å². The summed E-state index contributed by atoms with van der Waals surface area (Å²) in [7, 11) is 0.